The number of fused-ring (bicyclic) bond motifs is 1. The first-order valence-electron chi connectivity index (χ1n) is 13.7. The first-order chi connectivity index (χ1) is 19.3. The van der Waals surface area contributed by atoms with Crippen molar-refractivity contribution in [3.8, 4) is 5.75 Å². The highest BCUT2D eigenvalue weighted by Gasteiger charge is 2.21. The van der Waals surface area contributed by atoms with Crippen LogP contribution in [0.15, 0.2) is 18.2 Å². The molecule has 3 heterocycles. The summed E-state index contributed by atoms with van der Waals surface area (Å²) in [5.74, 6) is -0.214. The third kappa shape index (κ3) is 6.96. The Balaban J connectivity index is 1.49. The quantitative estimate of drug-likeness (QED) is 0.268. The molecular formula is C27H38N8O5. The van der Waals surface area contributed by atoms with Crippen molar-refractivity contribution in [2.45, 2.75) is 46.7 Å². The number of nitrogens with zero attached hydrogens (tertiary/aromatic N) is 5. The fourth-order valence-electron chi connectivity index (χ4n) is 4.65. The molecule has 0 saturated carbocycles. The number of hydrogen-bond donors (Lipinski definition) is 3. The maximum Gasteiger partial charge on any atom is 0.276 e. The number of nitrogens with two attached hydrogens (primary N) is 1. The van der Waals surface area contributed by atoms with Gasteiger partial charge in [0.2, 0.25) is 17.8 Å². The molecule has 1 aromatic carbocycles. The fourth-order valence-corrected chi connectivity index (χ4v) is 4.65. The first-order valence-corrected chi connectivity index (χ1v) is 13.7. The van der Waals surface area contributed by atoms with E-state index in [0.717, 1.165) is 25.2 Å². The van der Waals surface area contributed by atoms with E-state index in [1.54, 1.807) is 22.9 Å². The molecule has 3 aromatic rings. The van der Waals surface area contributed by atoms with Gasteiger partial charge in [-0.05, 0) is 44.9 Å². The number of anilines is 1. The molecule has 4 rings (SSSR count). The average molecular weight is 555 g/mol. The minimum Gasteiger partial charge on any atom is -0.491 e. The van der Waals surface area contributed by atoms with E-state index in [2.05, 4.69) is 25.6 Å². The summed E-state index contributed by atoms with van der Waals surface area (Å²) in [6, 6.07) is 4.92. The van der Waals surface area contributed by atoms with Crippen LogP contribution in [0.3, 0.4) is 0 Å². The van der Waals surface area contributed by atoms with Gasteiger partial charge in [-0.15, -0.1) is 0 Å². The van der Waals surface area contributed by atoms with Crippen LogP contribution in [-0.2, 0) is 22.6 Å². The molecule has 13 heteroatoms. The van der Waals surface area contributed by atoms with Crippen LogP contribution in [0.2, 0.25) is 0 Å². The lowest BCUT2D eigenvalue weighted by Crippen LogP contribution is -2.43. The minimum absolute atomic E-state index is 0.0407. The molecule has 1 fully saturated rings. The Bertz CT molecular complexity index is 1360. The van der Waals surface area contributed by atoms with Crippen LogP contribution in [0.25, 0.3) is 11.0 Å². The molecule has 0 unspecified atom stereocenters. The van der Waals surface area contributed by atoms with E-state index in [1.165, 1.54) is 0 Å². The largest absolute Gasteiger partial charge is 0.491 e. The molecule has 1 saturated heterocycles. The number of morpholine rings is 1. The molecule has 0 radical (unpaired) electrons. The van der Waals surface area contributed by atoms with E-state index >= 15 is 0 Å². The summed E-state index contributed by atoms with van der Waals surface area (Å²) >= 11 is 0. The van der Waals surface area contributed by atoms with E-state index in [0.29, 0.717) is 80.8 Å². The number of aryl methyl sites for hydroxylation is 3. The Hall–Kier alpha value is -3.97. The van der Waals surface area contributed by atoms with Crippen molar-refractivity contribution in [3.05, 3.63) is 35.2 Å². The van der Waals surface area contributed by atoms with Crippen LogP contribution >= 0.6 is 0 Å². The van der Waals surface area contributed by atoms with Gasteiger partial charge in [0.25, 0.3) is 5.91 Å². The van der Waals surface area contributed by atoms with Gasteiger partial charge in [-0.3, -0.25) is 29.3 Å². The fraction of sp³-hybridized carbons (Fsp3) is 0.519. The molecule has 0 aliphatic carbocycles. The predicted molar refractivity (Wildman–Crippen MR) is 150 cm³/mol. The van der Waals surface area contributed by atoms with Gasteiger partial charge in [-0.1, -0.05) is 6.92 Å². The highest BCUT2D eigenvalue weighted by Crippen LogP contribution is 2.31. The molecule has 0 bridgehead atoms. The van der Waals surface area contributed by atoms with E-state index in [-0.39, 0.29) is 17.4 Å². The number of primary amides is 1. The zero-order chi connectivity index (χ0) is 28.6. The second-order valence-corrected chi connectivity index (χ2v) is 9.67. The van der Waals surface area contributed by atoms with Crippen LogP contribution in [0.4, 0.5) is 5.95 Å². The van der Waals surface area contributed by atoms with Gasteiger partial charge in [0.1, 0.15) is 17.0 Å². The second kappa shape index (κ2) is 13.4. The van der Waals surface area contributed by atoms with Crippen molar-refractivity contribution in [2.75, 3.05) is 51.3 Å². The smallest absolute Gasteiger partial charge is 0.276 e. The molecule has 0 atom stereocenters. The Kier molecular flexibility index (Phi) is 9.72. The van der Waals surface area contributed by atoms with E-state index in [1.807, 2.05) is 25.3 Å². The van der Waals surface area contributed by atoms with Crippen LogP contribution in [0.5, 0.6) is 5.75 Å². The van der Waals surface area contributed by atoms with Crippen molar-refractivity contribution in [1.29, 1.82) is 0 Å². The van der Waals surface area contributed by atoms with Crippen LogP contribution in [0.1, 0.15) is 53.2 Å². The van der Waals surface area contributed by atoms with Gasteiger partial charge in [0.05, 0.1) is 37.6 Å². The van der Waals surface area contributed by atoms with Crippen LogP contribution < -0.4 is 21.1 Å². The topological polar surface area (TPSA) is 159 Å². The molecule has 40 heavy (non-hydrogen) atoms. The van der Waals surface area contributed by atoms with Gasteiger partial charge in [0.15, 0.2) is 0 Å². The summed E-state index contributed by atoms with van der Waals surface area (Å²) in [5.41, 5.74) is 8.14. The summed E-state index contributed by atoms with van der Waals surface area (Å²) in [6.07, 6.45) is 1.33. The molecule has 1 aliphatic rings. The van der Waals surface area contributed by atoms with E-state index in [9.17, 15) is 14.4 Å². The SMILES string of the molecule is CCCn1c(NC(=O)c2cc(C)nn2CC)nc2cc(C(N)=O)cc(OCCCNC(=O)CN3CCOCC3)c21. The van der Waals surface area contributed by atoms with Crippen LogP contribution in [0, 0.1) is 6.92 Å². The highest BCUT2D eigenvalue weighted by atomic mass is 16.5. The predicted octanol–water partition coefficient (Wildman–Crippen LogP) is 1.54. The number of rotatable bonds is 13. The number of benzene rings is 1. The number of imidazole rings is 1. The van der Waals surface area contributed by atoms with Crippen LogP contribution in [-0.4, -0.2) is 88.0 Å². The van der Waals surface area contributed by atoms with Crippen molar-refractivity contribution in [3.63, 3.8) is 0 Å². The number of nitrogens with one attached hydrogen (secondary N) is 2. The average Bonchev–Trinajstić information content (AvgIpc) is 3.48. The Morgan fingerprint density at radius 3 is 2.62 bits per heavy atom. The standard InChI is InChI=1S/C27H38N8O5/c1-4-8-34-24-20(30-27(34)31-26(38)21-14-18(3)32-35(21)5-2)15-19(25(28)37)16-22(24)40-11-6-7-29-23(36)17-33-9-12-39-13-10-33/h14-16H,4-13,17H2,1-3H3,(H2,28,37)(H,29,36)(H,30,31,38). The third-order valence-corrected chi connectivity index (χ3v) is 6.57. The van der Waals surface area contributed by atoms with Gasteiger partial charge in [-0.25, -0.2) is 4.98 Å². The Morgan fingerprint density at radius 2 is 1.93 bits per heavy atom. The maximum absolute atomic E-state index is 13.2. The normalized spacial score (nSPS) is 13.9. The van der Waals surface area contributed by atoms with Crippen molar-refractivity contribution < 1.29 is 23.9 Å². The van der Waals surface area contributed by atoms with Gasteiger partial charge in [0, 0.05) is 38.3 Å². The number of hydrogen-bond acceptors (Lipinski definition) is 8. The number of carbonyl (C=O) groups is 3. The molecule has 2 aromatic heterocycles. The number of aromatic nitrogens is 4. The molecule has 4 N–H and O–H groups in total. The van der Waals surface area contributed by atoms with Gasteiger partial charge < -0.3 is 25.1 Å². The number of carbonyl (C=O) groups excluding carboxylic acids is 3. The van der Waals surface area contributed by atoms with E-state index < -0.39 is 5.91 Å². The van der Waals surface area contributed by atoms with E-state index in [4.69, 9.17) is 15.2 Å². The summed E-state index contributed by atoms with van der Waals surface area (Å²) in [6.45, 7) is 10.7. The molecule has 1 aliphatic heterocycles. The monoisotopic (exact) mass is 554 g/mol. The molecule has 3 amide bonds. The molecule has 216 valence electrons. The van der Waals surface area contributed by atoms with Crippen molar-refractivity contribution in [2.24, 2.45) is 5.73 Å². The summed E-state index contributed by atoms with van der Waals surface area (Å²) < 4.78 is 14.9. The Morgan fingerprint density at radius 1 is 1.15 bits per heavy atom. The lowest BCUT2D eigenvalue weighted by Gasteiger charge is -2.25. The summed E-state index contributed by atoms with van der Waals surface area (Å²) in [5, 5.41) is 10.2. The first kappa shape index (κ1) is 29.0. The Labute approximate surface area is 233 Å². The number of amides is 3. The summed E-state index contributed by atoms with van der Waals surface area (Å²) in [4.78, 5) is 44.2. The minimum atomic E-state index is -0.611. The zero-order valence-corrected chi connectivity index (χ0v) is 23.4. The third-order valence-electron chi connectivity index (χ3n) is 6.57. The molecular weight excluding hydrogens is 516 g/mol. The number of ether oxygens (including phenoxy) is 2. The van der Waals surface area contributed by atoms with Gasteiger partial charge >= 0.3 is 0 Å². The van der Waals surface area contributed by atoms with Crippen molar-refractivity contribution in [1.82, 2.24) is 29.5 Å². The molecule has 0 spiro atoms. The lowest BCUT2D eigenvalue weighted by atomic mass is 10.1. The zero-order valence-electron chi connectivity index (χ0n) is 23.4. The van der Waals surface area contributed by atoms with Gasteiger partial charge in [-0.2, -0.15) is 5.10 Å². The summed E-state index contributed by atoms with van der Waals surface area (Å²) in [7, 11) is 0. The lowest BCUT2D eigenvalue weighted by molar-refractivity contribution is -0.123. The van der Waals surface area contributed by atoms with Crippen molar-refractivity contribution >= 4 is 34.7 Å². The molecule has 13 nitrogen and oxygen atoms in total. The maximum atomic E-state index is 13.2. The highest BCUT2D eigenvalue weighted by molar-refractivity contribution is 6.04. The second-order valence-electron chi connectivity index (χ2n) is 9.67.